The molecule has 92 valence electrons. The number of carbonyl (C=O) groups excluding carboxylic acids is 1. The van der Waals surface area contributed by atoms with Crippen LogP contribution in [0.25, 0.3) is 0 Å². The summed E-state index contributed by atoms with van der Waals surface area (Å²) in [5.41, 5.74) is 5.56. The van der Waals surface area contributed by atoms with Crippen LogP contribution in [0.1, 0.15) is 18.9 Å². The van der Waals surface area contributed by atoms with Crippen molar-refractivity contribution >= 4 is 17.5 Å². The van der Waals surface area contributed by atoms with E-state index in [-0.39, 0.29) is 11.4 Å². The molecule has 1 fully saturated rings. The van der Waals surface area contributed by atoms with Gasteiger partial charge >= 0.3 is 0 Å². The van der Waals surface area contributed by atoms with Gasteiger partial charge in [0.25, 0.3) is 0 Å². The van der Waals surface area contributed by atoms with Gasteiger partial charge in [-0.2, -0.15) is 0 Å². The molecule has 0 saturated heterocycles. The zero-order chi connectivity index (χ0) is 12.8. The van der Waals surface area contributed by atoms with Crippen LogP contribution in [-0.2, 0) is 10.2 Å². The van der Waals surface area contributed by atoms with E-state index in [0.717, 1.165) is 5.56 Å². The molecule has 2 N–H and O–H groups in total. The van der Waals surface area contributed by atoms with Gasteiger partial charge in [0.2, 0.25) is 5.91 Å². The van der Waals surface area contributed by atoms with Crippen LogP contribution in [0.15, 0.2) is 24.3 Å². The topological polar surface area (TPSA) is 46.3 Å². The van der Waals surface area contributed by atoms with Gasteiger partial charge in [0.05, 0.1) is 5.41 Å². The monoisotopic (exact) mass is 252 g/mol. The summed E-state index contributed by atoms with van der Waals surface area (Å²) in [6.45, 7) is 2.04. The van der Waals surface area contributed by atoms with Gasteiger partial charge in [0.15, 0.2) is 0 Å². The third kappa shape index (κ3) is 1.49. The lowest BCUT2D eigenvalue weighted by Crippen LogP contribution is -2.43. The molecule has 0 spiro atoms. The van der Waals surface area contributed by atoms with E-state index in [1.807, 2.05) is 44.1 Å². The van der Waals surface area contributed by atoms with Crippen LogP contribution in [0.5, 0.6) is 0 Å². The molecule has 2 atom stereocenters. The largest absolute Gasteiger partial charge is 0.369 e. The summed E-state index contributed by atoms with van der Waals surface area (Å²) in [6.07, 6.45) is 0.714. The average Bonchev–Trinajstić information content (AvgIpc) is 2.89. The maximum atomic E-state index is 11.9. The van der Waals surface area contributed by atoms with Crippen LogP contribution in [0.3, 0.4) is 0 Å². The highest BCUT2D eigenvalue weighted by atomic mass is 35.5. The Bertz CT molecular complexity index is 474. The standard InChI is InChI=1S/C13H17ClN2O/c1-12(16(2)3)8-13(12,11(15)17)9-6-4-5-7-10(9)14/h4-7H,8H2,1-3H3,(H2,15,17). The summed E-state index contributed by atoms with van der Waals surface area (Å²) in [5.74, 6) is -0.304. The summed E-state index contributed by atoms with van der Waals surface area (Å²) in [6, 6.07) is 7.44. The molecule has 2 unspecified atom stereocenters. The van der Waals surface area contributed by atoms with Gasteiger partial charge < -0.3 is 10.6 Å². The molecule has 1 aromatic rings. The molecule has 17 heavy (non-hydrogen) atoms. The van der Waals surface area contributed by atoms with Gasteiger partial charge in [-0.1, -0.05) is 29.8 Å². The van der Waals surface area contributed by atoms with Gasteiger partial charge in [0, 0.05) is 10.6 Å². The molecule has 1 saturated carbocycles. The normalized spacial score (nSPS) is 31.6. The number of carbonyl (C=O) groups is 1. The van der Waals surface area contributed by atoms with Gasteiger partial charge in [-0.15, -0.1) is 0 Å². The highest BCUT2D eigenvalue weighted by Crippen LogP contribution is 2.61. The minimum Gasteiger partial charge on any atom is -0.369 e. The molecule has 1 aliphatic rings. The lowest BCUT2D eigenvalue weighted by atomic mass is 9.89. The van der Waals surface area contributed by atoms with Crippen LogP contribution in [0.2, 0.25) is 5.02 Å². The Morgan fingerprint density at radius 3 is 2.41 bits per heavy atom. The number of primary amides is 1. The Morgan fingerprint density at radius 1 is 1.41 bits per heavy atom. The number of likely N-dealkylation sites (N-methyl/N-ethyl adjacent to an activating group) is 1. The second-order valence-electron chi connectivity index (χ2n) is 5.09. The average molecular weight is 253 g/mol. The number of rotatable bonds is 3. The number of nitrogens with two attached hydrogens (primary N) is 1. The second-order valence-corrected chi connectivity index (χ2v) is 5.50. The van der Waals surface area contributed by atoms with Crippen LogP contribution >= 0.6 is 11.6 Å². The molecular weight excluding hydrogens is 236 g/mol. The molecule has 2 rings (SSSR count). The van der Waals surface area contributed by atoms with E-state index in [1.165, 1.54) is 0 Å². The minimum absolute atomic E-state index is 0.246. The fourth-order valence-corrected chi connectivity index (χ4v) is 2.99. The first kappa shape index (κ1) is 12.4. The highest BCUT2D eigenvalue weighted by molar-refractivity contribution is 6.32. The number of halogens is 1. The minimum atomic E-state index is -0.658. The quantitative estimate of drug-likeness (QED) is 0.892. The van der Waals surface area contributed by atoms with Gasteiger partial charge in [0.1, 0.15) is 0 Å². The zero-order valence-corrected chi connectivity index (χ0v) is 11.1. The van der Waals surface area contributed by atoms with Gasteiger partial charge in [-0.25, -0.2) is 0 Å². The van der Waals surface area contributed by atoms with Crippen molar-refractivity contribution in [2.75, 3.05) is 14.1 Å². The summed E-state index contributed by atoms with van der Waals surface area (Å²) >= 11 is 6.20. The zero-order valence-electron chi connectivity index (χ0n) is 10.3. The predicted octanol–water partition coefficient (Wildman–Crippen LogP) is 1.79. The van der Waals surface area contributed by atoms with Crippen LogP contribution in [-0.4, -0.2) is 30.4 Å². The highest BCUT2D eigenvalue weighted by Gasteiger charge is 2.71. The second kappa shape index (κ2) is 3.72. The molecular formula is C13H17ClN2O. The van der Waals surface area contributed by atoms with E-state index in [4.69, 9.17) is 17.3 Å². The van der Waals surface area contributed by atoms with Gasteiger partial charge in [-0.3, -0.25) is 4.79 Å². The lowest BCUT2D eigenvalue weighted by Gasteiger charge is -2.27. The van der Waals surface area contributed by atoms with E-state index in [9.17, 15) is 4.79 Å². The molecule has 0 aliphatic heterocycles. The number of benzene rings is 1. The number of nitrogens with zero attached hydrogens (tertiary/aromatic N) is 1. The Morgan fingerprint density at radius 2 is 2.00 bits per heavy atom. The fraction of sp³-hybridized carbons (Fsp3) is 0.462. The summed E-state index contributed by atoms with van der Waals surface area (Å²) in [7, 11) is 3.92. The predicted molar refractivity (Wildman–Crippen MR) is 69.0 cm³/mol. The van der Waals surface area contributed by atoms with E-state index >= 15 is 0 Å². The van der Waals surface area contributed by atoms with E-state index in [0.29, 0.717) is 11.4 Å². The van der Waals surface area contributed by atoms with Crippen molar-refractivity contribution in [2.45, 2.75) is 24.3 Å². The Hall–Kier alpha value is -1.06. The summed E-state index contributed by atoms with van der Waals surface area (Å²) in [4.78, 5) is 13.9. The Kier molecular flexibility index (Phi) is 2.71. The lowest BCUT2D eigenvalue weighted by molar-refractivity contribution is -0.121. The molecule has 1 aliphatic carbocycles. The SMILES string of the molecule is CN(C)C1(C)CC1(C(N)=O)c1ccccc1Cl. The van der Waals surface area contributed by atoms with Crippen molar-refractivity contribution in [3.8, 4) is 0 Å². The van der Waals surface area contributed by atoms with Crippen LogP contribution < -0.4 is 5.73 Å². The molecule has 4 heteroatoms. The van der Waals surface area contributed by atoms with Crippen molar-refractivity contribution < 1.29 is 4.79 Å². The fourth-order valence-electron chi connectivity index (χ4n) is 2.69. The number of hydrogen-bond acceptors (Lipinski definition) is 2. The van der Waals surface area contributed by atoms with E-state index in [1.54, 1.807) is 6.07 Å². The van der Waals surface area contributed by atoms with Gasteiger partial charge in [-0.05, 0) is 39.1 Å². The van der Waals surface area contributed by atoms with Crippen molar-refractivity contribution in [1.82, 2.24) is 4.90 Å². The summed E-state index contributed by atoms with van der Waals surface area (Å²) in [5, 5.41) is 0.608. The molecule has 1 aromatic carbocycles. The Labute approximate surface area is 107 Å². The number of hydrogen-bond donors (Lipinski definition) is 1. The molecule has 0 aromatic heterocycles. The molecule has 1 amide bonds. The van der Waals surface area contributed by atoms with E-state index in [2.05, 4.69) is 0 Å². The first-order valence-corrected chi connectivity index (χ1v) is 5.96. The first-order valence-electron chi connectivity index (χ1n) is 5.58. The maximum Gasteiger partial charge on any atom is 0.230 e. The van der Waals surface area contributed by atoms with Crippen molar-refractivity contribution in [1.29, 1.82) is 0 Å². The van der Waals surface area contributed by atoms with E-state index < -0.39 is 5.41 Å². The smallest absolute Gasteiger partial charge is 0.230 e. The van der Waals surface area contributed by atoms with Crippen LogP contribution in [0, 0.1) is 0 Å². The number of amides is 1. The Balaban J connectivity index is 2.55. The first-order chi connectivity index (χ1) is 7.86. The van der Waals surface area contributed by atoms with Crippen molar-refractivity contribution in [2.24, 2.45) is 5.73 Å². The van der Waals surface area contributed by atoms with Crippen molar-refractivity contribution in [3.63, 3.8) is 0 Å². The third-order valence-electron chi connectivity index (χ3n) is 4.15. The van der Waals surface area contributed by atoms with Crippen LogP contribution in [0.4, 0.5) is 0 Å². The molecule has 0 heterocycles. The third-order valence-corrected chi connectivity index (χ3v) is 4.47. The maximum absolute atomic E-state index is 11.9. The molecule has 3 nitrogen and oxygen atoms in total. The van der Waals surface area contributed by atoms with Crippen molar-refractivity contribution in [3.05, 3.63) is 34.9 Å². The summed E-state index contributed by atoms with van der Waals surface area (Å²) < 4.78 is 0. The molecule has 0 bridgehead atoms. The molecule has 0 radical (unpaired) electrons.